The molecule has 94 valence electrons. The van der Waals surface area contributed by atoms with Crippen LogP contribution in [0.3, 0.4) is 0 Å². The second kappa shape index (κ2) is 4.51. The van der Waals surface area contributed by atoms with Crippen molar-refractivity contribution in [3.05, 3.63) is 35.4 Å². The summed E-state index contributed by atoms with van der Waals surface area (Å²) in [6, 6.07) is 7.01. The Balaban J connectivity index is 1.79. The van der Waals surface area contributed by atoms with Crippen LogP contribution in [-0.2, 0) is 0 Å². The first-order chi connectivity index (χ1) is 8.77. The molecule has 18 heavy (non-hydrogen) atoms. The van der Waals surface area contributed by atoms with E-state index < -0.39 is 0 Å². The monoisotopic (exact) mass is 245 g/mol. The number of nitrogens with one attached hydrogen (secondary N) is 1. The van der Waals surface area contributed by atoms with Gasteiger partial charge >= 0.3 is 0 Å². The van der Waals surface area contributed by atoms with Crippen molar-refractivity contribution < 1.29 is 9.59 Å². The number of rotatable bonds is 2. The highest BCUT2D eigenvalue weighted by Gasteiger charge is 2.35. The molecule has 1 aromatic carbocycles. The lowest BCUT2D eigenvalue weighted by atomic mass is 10.1. The number of nitrogens with zero attached hydrogens (tertiary/aromatic N) is 2. The molecule has 0 unspecified atom stereocenters. The van der Waals surface area contributed by atoms with Crippen LogP contribution in [0.2, 0.25) is 0 Å². The molecule has 2 aliphatic heterocycles. The molecule has 2 aliphatic rings. The molecule has 5 heteroatoms. The Kier molecular flexibility index (Phi) is 2.85. The van der Waals surface area contributed by atoms with Crippen LogP contribution in [0.1, 0.15) is 20.7 Å². The van der Waals surface area contributed by atoms with Gasteiger partial charge in [-0.1, -0.05) is 12.1 Å². The normalized spacial score (nSPS) is 20.3. The van der Waals surface area contributed by atoms with E-state index in [0.29, 0.717) is 17.8 Å². The highest BCUT2D eigenvalue weighted by molar-refractivity contribution is 6.21. The van der Waals surface area contributed by atoms with Crippen LogP contribution in [0.4, 0.5) is 0 Å². The van der Waals surface area contributed by atoms with Crippen LogP contribution >= 0.6 is 0 Å². The van der Waals surface area contributed by atoms with Crippen LogP contribution in [0, 0.1) is 0 Å². The van der Waals surface area contributed by atoms with Crippen molar-refractivity contribution in [3.8, 4) is 0 Å². The molecule has 0 bridgehead atoms. The van der Waals surface area contributed by atoms with Crippen LogP contribution in [0.15, 0.2) is 24.3 Å². The maximum absolute atomic E-state index is 12.1. The van der Waals surface area contributed by atoms with Gasteiger partial charge in [0.25, 0.3) is 11.8 Å². The molecule has 0 aliphatic carbocycles. The van der Waals surface area contributed by atoms with Gasteiger partial charge in [-0.2, -0.15) is 0 Å². The number of hydrogen-bond acceptors (Lipinski definition) is 4. The van der Waals surface area contributed by atoms with E-state index in [9.17, 15) is 9.59 Å². The zero-order valence-corrected chi connectivity index (χ0v) is 10.1. The lowest BCUT2D eigenvalue weighted by Crippen LogP contribution is -2.49. The summed E-state index contributed by atoms with van der Waals surface area (Å²) in [6.45, 7) is 3.95. The Bertz CT molecular complexity index is 460. The highest BCUT2D eigenvalue weighted by atomic mass is 16.2. The van der Waals surface area contributed by atoms with Gasteiger partial charge in [-0.3, -0.25) is 19.4 Å². The van der Waals surface area contributed by atoms with Gasteiger partial charge in [0.15, 0.2) is 0 Å². The Labute approximate surface area is 105 Å². The zero-order valence-electron chi connectivity index (χ0n) is 10.1. The first-order valence-electron chi connectivity index (χ1n) is 6.15. The molecule has 0 aromatic heterocycles. The summed E-state index contributed by atoms with van der Waals surface area (Å²) >= 11 is 0. The van der Waals surface area contributed by atoms with Crippen molar-refractivity contribution in [2.45, 2.75) is 0 Å². The van der Waals surface area contributed by atoms with Gasteiger partial charge in [0.05, 0.1) is 17.8 Å². The predicted octanol–water partition coefficient (Wildman–Crippen LogP) is 0.145. The summed E-state index contributed by atoms with van der Waals surface area (Å²) in [5.74, 6) is -0.344. The molecular formula is C13H15N3O2. The molecule has 0 atom stereocenters. The van der Waals surface area contributed by atoms with Crippen molar-refractivity contribution in [2.24, 2.45) is 0 Å². The fraction of sp³-hybridized carbons (Fsp3) is 0.385. The van der Waals surface area contributed by atoms with Crippen molar-refractivity contribution >= 4 is 11.8 Å². The lowest BCUT2D eigenvalue weighted by Gasteiger charge is -2.30. The van der Waals surface area contributed by atoms with E-state index in [2.05, 4.69) is 10.2 Å². The van der Waals surface area contributed by atoms with E-state index >= 15 is 0 Å². The van der Waals surface area contributed by atoms with Crippen LogP contribution in [0.25, 0.3) is 0 Å². The molecule has 5 nitrogen and oxygen atoms in total. The van der Waals surface area contributed by atoms with Crippen LogP contribution in [-0.4, -0.2) is 54.5 Å². The number of carbonyl (C=O) groups excluding carboxylic acids is 2. The minimum atomic E-state index is -0.172. The average Bonchev–Trinajstić information content (AvgIpc) is 2.66. The molecule has 2 heterocycles. The summed E-state index contributed by atoms with van der Waals surface area (Å²) in [5.41, 5.74) is 1.05. The van der Waals surface area contributed by atoms with Gasteiger partial charge in [-0.15, -0.1) is 0 Å². The van der Waals surface area contributed by atoms with Gasteiger partial charge < -0.3 is 5.32 Å². The molecule has 3 rings (SSSR count). The van der Waals surface area contributed by atoms with Gasteiger partial charge in [0.1, 0.15) is 0 Å². The molecular weight excluding hydrogens is 230 g/mol. The van der Waals surface area contributed by atoms with E-state index in [0.717, 1.165) is 26.2 Å². The van der Waals surface area contributed by atoms with E-state index in [1.165, 1.54) is 4.90 Å². The third kappa shape index (κ3) is 1.81. The summed E-state index contributed by atoms with van der Waals surface area (Å²) in [6.07, 6.45) is 0. The largest absolute Gasteiger partial charge is 0.314 e. The number of imide groups is 1. The number of piperazine rings is 1. The van der Waals surface area contributed by atoms with E-state index in [1.54, 1.807) is 24.3 Å². The average molecular weight is 245 g/mol. The first-order valence-corrected chi connectivity index (χ1v) is 6.15. The predicted molar refractivity (Wildman–Crippen MR) is 66.3 cm³/mol. The maximum Gasteiger partial charge on any atom is 0.262 e. The molecule has 1 saturated heterocycles. The number of carbonyl (C=O) groups is 2. The van der Waals surface area contributed by atoms with Gasteiger partial charge in [-0.25, -0.2) is 0 Å². The quantitative estimate of drug-likeness (QED) is 0.753. The van der Waals surface area contributed by atoms with Crippen molar-refractivity contribution in [2.75, 3.05) is 32.8 Å². The summed E-state index contributed by atoms with van der Waals surface area (Å²) < 4.78 is 0. The minimum Gasteiger partial charge on any atom is -0.314 e. The van der Waals surface area contributed by atoms with Gasteiger partial charge in [0, 0.05) is 26.2 Å². The third-order valence-corrected chi connectivity index (χ3v) is 3.43. The van der Waals surface area contributed by atoms with Gasteiger partial charge in [0.2, 0.25) is 0 Å². The molecule has 0 spiro atoms. The van der Waals surface area contributed by atoms with Crippen molar-refractivity contribution in [3.63, 3.8) is 0 Å². The Hall–Kier alpha value is -1.72. The minimum absolute atomic E-state index is 0.172. The van der Waals surface area contributed by atoms with E-state index in [-0.39, 0.29) is 11.8 Å². The molecule has 1 fully saturated rings. The number of amides is 2. The first kappa shape index (κ1) is 11.4. The maximum atomic E-state index is 12.1. The van der Waals surface area contributed by atoms with E-state index in [1.807, 2.05) is 0 Å². The van der Waals surface area contributed by atoms with Crippen molar-refractivity contribution in [1.29, 1.82) is 0 Å². The SMILES string of the molecule is O=C1c2ccccc2C(=O)N1CN1CCNCC1. The fourth-order valence-corrected chi connectivity index (χ4v) is 2.42. The third-order valence-electron chi connectivity index (χ3n) is 3.43. The highest BCUT2D eigenvalue weighted by Crippen LogP contribution is 2.22. The molecule has 0 saturated carbocycles. The fourth-order valence-electron chi connectivity index (χ4n) is 2.42. The number of hydrogen-bond donors (Lipinski definition) is 1. The van der Waals surface area contributed by atoms with Crippen molar-refractivity contribution in [1.82, 2.24) is 15.1 Å². The zero-order chi connectivity index (χ0) is 12.5. The number of benzene rings is 1. The lowest BCUT2D eigenvalue weighted by molar-refractivity contribution is 0.0527. The summed E-state index contributed by atoms with van der Waals surface area (Å²) in [5, 5.41) is 3.25. The second-order valence-corrected chi connectivity index (χ2v) is 4.59. The topological polar surface area (TPSA) is 52.7 Å². The Morgan fingerprint density at radius 1 is 1.00 bits per heavy atom. The Morgan fingerprint density at radius 3 is 2.11 bits per heavy atom. The van der Waals surface area contributed by atoms with Crippen LogP contribution in [0.5, 0.6) is 0 Å². The standard InChI is InChI=1S/C13H15N3O2/c17-12-10-3-1-2-4-11(10)13(18)16(12)9-15-7-5-14-6-8-15/h1-4,14H,5-9H2. The van der Waals surface area contributed by atoms with Crippen LogP contribution < -0.4 is 5.32 Å². The second-order valence-electron chi connectivity index (χ2n) is 4.59. The molecule has 1 N–H and O–H groups in total. The smallest absolute Gasteiger partial charge is 0.262 e. The summed E-state index contributed by atoms with van der Waals surface area (Å²) in [4.78, 5) is 27.8. The van der Waals surface area contributed by atoms with Gasteiger partial charge in [-0.05, 0) is 12.1 Å². The molecule has 2 amide bonds. The van der Waals surface area contributed by atoms with E-state index in [4.69, 9.17) is 0 Å². The Morgan fingerprint density at radius 2 is 1.56 bits per heavy atom. The number of fused-ring (bicyclic) bond motifs is 1. The molecule has 0 radical (unpaired) electrons. The summed E-state index contributed by atoms with van der Waals surface area (Å²) in [7, 11) is 0. The molecule has 1 aromatic rings.